The Labute approximate surface area is 147 Å². The second-order valence-corrected chi connectivity index (χ2v) is 6.90. The van der Waals surface area contributed by atoms with Crippen molar-refractivity contribution >= 4 is 11.0 Å². The van der Waals surface area contributed by atoms with Gasteiger partial charge in [0.15, 0.2) is 5.65 Å². The molecule has 0 atom stereocenters. The summed E-state index contributed by atoms with van der Waals surface area (Å²) in [5, 5.41) is 9.69. The summed E-state index contributed by atoms with van der Waals surface area (Å²) >= 11 is 0. The molecule has 4 heterocycles. The van der Waals surface area contributed by atoms with Crippen LogP contribution in [0.3, 0.4) is 0 Å². The van der Waals surface area contributed by atoms with Crippen molar-refractivity contribution in [1.82, 2.24) is 29.7 Å². The molecule has 0 aromatic carbocycles. The van der Waals surface area contributed by atoms with Crippen LogP contribution in [0.5, 0.6) is 0 Å². The first-order chi connectivity index (χ1) is 12.1. The van der Waals surface area contributed by atoms with E-state index in [9.17, 15) is 0 Å². The summed E-state index contributed by atoms with van der Waals surface area (Å²) in [5.41, 5.74) is 4.27. The number of hydrogen-bond donors (Lipinski definition) is 0. The molecule has 7 heteroatoms. The first-order valence-corrected chi connectivity index (χ1v) is 8.73. The Balaban J connectivity index is 1.36. The van der Waals surface area contributed by atoms with E-state index in [1.165, 1.54) is 5.56 Å². The smallest absolute Gasteiger partial charge is 0.157 e. The van der Waals surface area contributed by atoms with Crippen molar-refractivity contribution in [2.75, 3.05) is 26.2 Å². The summed E-state index contributed by atoms with van der Waals surface area (Å²) in [6.45, 7) is 9.99. The van der Waals surface area contributed by atoms with E-state index in [0.29, 0.717) is 0 Å². The van der Waals surface area contributed by atoms with Gasteiger partial charge in [-0.15, -0.1) is 0 Å². The van der Waals surface area contributed by atoms with Crippen LogP contribution < -0.4 is 0 Å². The van der Waals surface area contributed by atoms with Crippen molar-refractivity contribution in [2.24, 2.45) is 7.05 Å². The van der Waals surface area contributed by atoms with Gasteiger partial charge in [0.25, 0.3) is 0 Å². The van der Waals surface area contributed by atoms with E-state index < -0.39 is 0 Å². The zero-order valence-electron chi connectivity index (χ0n) is 15.1. The number of rotatable bonds is 4. The molecule has 3 aromatic heterocycles. The zero-order chi connectivity index (χ0) is 17.4. The van der Waals surface area contributed by atoms with E-state index in [4.69, 9.17) is 4.52 Å². The van der Waals surface area contributed by atoms with Gasteiger partial charge in [0.2, 0.25) is 0 Å². The van der Waals surface area contributed by atoms with Crippen LogP contribution in [-0.4, -0.2) is 55.9 Å². The third-order valence-corrected chi connectivity index (χ3v) is 4.85. The Kier molecular flexibility index (Phi) is 4.27. The second kappa shape index (κ2) is 6.57. The van der Waals surface area contributed by atoms with E-state index in [1.807, 2.05) is 37.8 Å². The standard InChI is InChI=1S/C18H24N6O/c1-13-8-16(21-25-13)12-24-6-4-23(5-7-24)11-15-9-17-14(2)20-22(3)18(17)19-10-15/h8-10H,4-7,11-12H2,1-3H3. The fraction of sp³-hybridized carbons (Fsp3) is 0.500. The molecule has 0 bridgehead atoms. The molecular weight excluding hydrogens is 316 g/mol. The number of hydrogen-bond acceptors (Lipinski definition) is 6. The first-order valence-electron chi connectivity index (χ1n) is 8.73. The van der Waals surface area contributed by atoms with E-state index in [2.05, 4.69) is 31.1 Å². The van der Waals surface area contributed by atoms with Gasteiger partial charge in [0, 0.05) is 64.0 Å². The summed E-state index contributed by atoms with van der Waals surface area (Å²) < 4.78 is 7.00. The Morgan fingerprint density at radius 3 is 2.44 bits per heavy atom. The van der Waals surface area contributed by atoms with E-state index >= 15 is 0 Å². The van der Waals surface area contributed by atoms with Crippen molar-refractivity contribution in [2.45, 2.75) is 26.9 Å². The predicted octanol–water partition coefficient (Wildman–Crippen LogP) is 1.89. The average Bonchev–Trinajstić information content (AvgIpc) is 3.13. The molecule has 7 nitrogen and oxygen atoms in total. The van der Waals surface area contributed by atoms with Crippen LogP contribution in [0.15, 0.2) is 22.9 Å². The molecule has 3 aromatic rings. The van der Waals surface area contributed by atoms with Crippen LogP contribution in [0, 0.1) is 13.8 Å². The van der Waals surface area contributed by atoms with Gasteiger partial charge in [-0.05, 0) is 25.5 Å². The van der Waals surface area contributed by atoms with Crippen LogP contribution in [-0.2, 0) is 20.1 Å². The number of piperazine rings is 1. The minimum atomic E-state index is 0.869. The molecule has 132 valence electrons. The number of nitrogens with zero attached hydrogens (tertiary/aromatic N) is 6. The fourth-order valence-corrected chi connectivity index (χ4v) is 3.52. The number of pyridine rings is 1. The Morgan fingerprint density at radius 2 is 1.76 bits per heavy atom. The highest BCUT2D eigenvalue weighted by molar-refractivity contribution is 5.78. The lowest BCUT2D eigenvalue weighted by atomic mass is 10.2. The van der Waals surface area contributed by atoms with Crippen molar-refractivity contribution in [1.29, 1.82) is 0 Å². The average molecular weight is 340 g/mol. The van der Waals surface area contributed by atoms with Crippen LogP contribution >= 0.6 is 0 Å². The van der Waals surface area contributed by atoms with Gasteiger partial charge in [0.1, 0.15) is 5.76 Å². The lowest BCUT2D eigenvalue weighted by Crippen LogP contribution is -2.45. The van der Waals surface area contributed by atoms with Gasteiger partial charge in [-0.1, -0.05) is 5.16 Å². The van der Waals surface area contributed by atoms with Gasteiger partial charge in [-0.3, -0.25) is 14.5 Å². The quantitative estimate of drug-likeness (QED) is 0.723. The maximum atomic E-state index is 5.15. The Morgan fingerprint density at radius 1 is 1.04 bits per heavy atom. The Bertz CT molecular complexity index is 875. The normalized spacial score (nSPS) is 16.8. The minimum absolute atomic E-state index is 0.869. The number of aryl methyl sites for hydroxylation is 3. The summed E-state index contributed by atoms with van der Waals surface area (Å²) in [4.78, 5) is 9.50. The number of aromatic nitrogens is 4. The maximum absolute atomic E-state index is 5.15. The fourth-order valence-electron chi connectivity index (χ4n) is 3.52. The van der Waals surface area contributed by atoms with Crippen LogP contribution in [0.4, 0.5) is 0 Å². The molecule has 0 saturated carbocycles. The van der Waals surface area contributed by atoms with Crippen LogP contribution in [0.2, 0.25) is 0 Å². The Hall–Kier alpha value is -2.25. The minimum Gasteiger partial charge on any atom is -0.361 e. The SMILES string of the molecule is Cc1cc(CN2CCN(Cc3cnc4c(c3)c(C)nn4C)CC2)no1. The first kappa shape index (κ1) is 16.2. The highest BCUT2D eigenvalue weighted by atomic mass is 16.5. The molecular formula is C18H24N6O. The third kappa shape index (κ3) is 3.43. The summed E-state index contributed by atoms with van der Waals surface area (Å²) in [7, 11) is 1.94. The molecule has 0 aliphatic carbocycles. The van der Waals surface area contributed by atoms with Crippen LogP contribution in [0.1, 0.15) is 22.7 Å². The molecule has 0 amide bonds. The van der Waals surface area contributed by atoms with E-state index in [1.54, 1.807) is 0 Å². The van der Waals surface area contributed by atoms with Gasteiger partial charge >= 0.3 is 0 Å². The highest BCUT2D eigenvalue weighted by Crippen LogP contribution is 2.18. The van der Waals surface area contributed by atoms with Gasteiger partial charge in [0.05, 0.1) is 11.4 Å². The molecule has 25 heavy (non-hydrogen) atoms. The summed E-state index contributed by atoms with van der Waals surface area (Å²) in [6.07, 6.45) is 1.98. The molecule has 1 aliphatic rings. The molecule has 1 saturated heterocycles. The molecule has 0 unspecified atom stereocenters. The predicted molar refractivity (Wildman–Crippen MR) is 95.0 cm³/mol. The lowest BCUT2D eigenvalue weighted by Gasteiger charge is -2.34. The van der Waals surface area contributed by atoms with Crippen molar-refractivity contribution < 1.29 is 4.52 Å². The second-order valence-electron chi connectivity index (χ2n) is 6.90. The molecule has 1 fully saturated rings. The molecule has 4 rings (SSSR count). The zero-order valence-corrected chi connectivity index (χ0v) is 15.1. The molecule has 0 N–H and O–H groups in total. The monoisotopic (exact) mass is 340 g/mol. The largest absolute Gasteiger partial charge is 0.361 e. The highest BCUT2D eigenvalue weighted by Gasteiger charge is 2.18. The molecule has 0 spiro atoms. The topological polar surface area (TPSA) is 63.2 Å². The van der Waals surface area contributed by atoms with Crippen molar-refractivity contribution in [3.8, 4) is 0 Å². The van der Waals surface area contributed by atoms with Crippen molar-refractivity contribution in [3.05, 3.63) is 41.0 Å². The number of fused-ring (bicyclic) bond motifs is 1. The third-order valence-electron chi connectivity index (χ3n) is 4.85. The summed E-state index contributed by atoms with van der Waals surface area (Å²) in [5.74, 6) is 0.877. The van der Waals surface area contributed by atoms with Crippen molar-refractivity contribution in [3.63, 3.8) is 0 Å². The van der Waals surface area contributed by atoms with E-state index in [0.717, 1.165) is 67.5 Å². The molecule has 1 aliphatic heterocycles. The van der Waals surface area contributed by atoms with Gasteiger partial charge < -0.3 is 4.52 Å². The van der Waals surface area contributed by atoms with Crippen LogP contribution in [0.25, 0.3) is 11.0 Å². The molecule has 0 radical (unpaired) electrons. The maximum Gasteiger partial charge on any atom is 0.157 e. The summed E-state index contributed by atoms with van der Waals surface area (Å²) in [6, 6.07) is 4.25. The van der Waals surface area contributed by atoms with Gasteiger partial charge in [-0.2, -0.15) is 5.10 Å². The van der Waals surface area contributed by atoms with E-state index in [-0.39, 0.29) is 0 Å². The van der Waals surface area contributed by atoms with Gasteiger partial charge in [-0.25, -0.2) is 4.98 Å². The lowest BCUT2D eigenvalue weighted by molar-refractivity contribution is 0.120.